The lowest BCUT2D eigenvalue weighted by Gasteiger charge is -2.24. The molecule has 100 valence electrons. The van der Waals surface area contributed by atoms with Crippen LogP contribution in [0.2, 0.25) is 0 Å². The lowest BCUT2D eigenvalue weighted by molar-refractivity contribution is -0.134. The fourth-order valence-electron chi connectivity index (χ4n) is 2.73. The highest BCUT2D eigenvalue weighted by molar-refractivity contribution is 5.91. The third-order valence-electron chi connectivity index (χ3n) is 4.02. The molecule has 19 heavy (non-hydrogen) atoms. The minimum absolute atomic E-state index is 0.0337. The Morgan fingerprint density at radius 2 is 1.89 bits per heavy atom. The van der Waals surface area contributed by atoms with E-state index in [0.29, 0.717) is 24.9 Å². The standard InChI is InChI=1S/C15H18N2O2/c1-10-9-12(10)17-8-7-13(18)16-14(15(17)19)11-5-3-2-4-6-11/h2-6,10,12,14H,7-9H2,1H3,(H,16,18). The first-order valence-electron chi connectivity index (χ1n) is 6.81. The number of nitrogens with one attached hydrogen (secondary N) is 1. The minimum atomic E-state index is -0.524. The number of hydrogen-bond acceptors (Lipinski definition) is 2. The van der Waals surface area contributed by atoms with Crippen LogP contribution in [0.3, 0.4) is 0 Å². The quantitative estimate of drug-likeness (QED) is 0.873. The first-order chi connectivity index (χ1) is 9.16. The largest absolute Gasteiger partial charge is 0.340 e. The van der Waals surface area contributed by atoms with Gasteiger partial charge in [-0.2, -0.15) is 0 Å². The average molecular weight is 258 g/mol. The van der Waals surface area contributed by atoms with Crippen molar-refractivity contribution in [1.82, 2.24) is 10.2 Å². The topological polar surface area (TPSA) is 49.4 Å². The molecule has 2 fully saturated rings. The Morgan fingerprint density at radius 1 is 1.21 bits per heavy atom. The van der Waals surface area contributed by atoms with Gasteiger partial charge in [0.1, 0.15) is 6.04 Å². The second-order valence-corrected chi connectivity index (χ2v) is 5.47. The summed E-state index contributed by atoms with van der Waals surface area (Å²) in [5, 5.41) is 2.84. The van der Waals surface area contributed by atoms with Gasteiger partial charge >= 0.3 is 0 Å². The number of carbonyl (C=O) groups excluding carboxylic acids is 2. The second-order valence-electron chi connectivity index (χ2n) is 5.47. The smallest absolute Gasteiger partial charge is 0.250 e. The normalized spacial score (nSPS) is 30.8. The molecule has 1 aliphatic carbocycles. The Labute approximate surface area is 112 Å². The van der Waals surface area contributed by atoms with Crippen LogP contribution in [0.15, 0.2) is 30.3 Å². The zero-order valence-electron chi connectivity index (χ0n) is 11.0. The third-order valence-corrected chi connectivity index (χ3v) is 4.02. The first kappa shape index (κ1) is 12.2. The zero-order valence-corrected chi connectivity index (χ0v) is 11.0. The fourth-order valence-corrected chi connectivity index (χ4v) is 2.73. The van der Waals surface area contributed by atoms with Crippen LogP contribution in [0.4, 0.5) is 0 Å². The molecule has 4 heteroatoms. The molecular formula is C15H18N2O2. The molecule has 1 aromatic carbocycles. The third kappa shape index (κ3) is 2.35. The van der Waals surface area contributed by atoms with Gasteiger partial charge in [-0.3, -0.25) is 9.59 Å². The minimum Gasteiger partial charge on any atom is -0.340 e. The molecule has 3 unspecified atom stereocenters. The Bertz CT molecular complexity index is 500. The van der Waals surface area contributed by atoms with E-state index in [1.807, 2.05) is 35.2 Å². The number of nitrogens with zero attached hydrogens (tertiary/aromatic N) is 1. The molecule has 2 amide bonds. The van der Waals surface area contributed by atoms with E-state index >= 15 is 0 Å². The summed E-state index contributed by atoms with van der Waals surface area (Å²) >= 11 is 0. The Morgan fingerprint density at radius 3 is 2.53 bits per heavy atom. The van der Waals surface area contributed by atoms with Crippen molar-refractivity contribution in [2.24, 2.45) is 5.92 Å². The van der Waals surface area contributed by atoms with Gasteiger partial charge in [0.2, 0.25) is 11.8 Å². The Balaban J connectivity index is 1.88. The number of rotatable bonds is 2. The van der Waals surface area contributed by atoms with Crippen LogP contribution in [-0.4, -0.2) is 29.3 Å². The molecule has 0 radical (unpaired) electrons. The van der Waals surface area contributed by atoms with Crippen molar-refractivity contribution in [1.29, 1.82) is 0 Å². The molecule has 0 aromatic heterocycles. The summed E-state index contributed by atoms with van der Waals surface area (Å²) in [5.74, 6) is 0.554. The van der Waals surface area contributed by atoms with E-state index in [4.69, 9.17) is 0 Å². The summed E-state index contributed by atoms with van der Waals surface area (Å²) in [6.45, 7) is 2.69. The van der Waals surface area contributed by atoms with Crippen LogP contribution in [0.5, 0.6) is 0 Å². The molecule has 3 atom stereocenters. The van der Waals surface area contributed by atoms with E-state index in [2.05, 4.69) is 12.2 Å². The molecule has 2 aliphatic rings. The highest BCUT2D eigenvalue weighted by Crippen LogP contribution is 2.37. The predicted octanol–water partition coefficient (Wildman–Crippen LogP) is 1.48. The summed E-state index contributed by atoms with van der Waals surface area (Å²) in [6.07, 6.45) is 1.46. The van der Waals surface area contributed by atoms with Gasteiger partial charge in [0, 0.05) is 19.0 Å². The number of amides is 2. The first-order valence-corrected chi connectivity index (χ1v) is 6.81. The number of benzene rings is 1. The molecule has 1 heterocycles. The molecule has 1 aliphatic heterocycles. The molecule has 0 bridgehead atoms. The van der Waals surface area contributed by atoms with E-state index in [1.54, 1.807) is 0 Å². The van der Waals surface area contributed by atoms with Gasteiger partial charge in [0.05, 0.1) is 0 Å². The average Bonchev–Trinajstić information content (AvgIpc) is 3.15. The summed E-state index contributed by atoms with van der Waals surface area (Å²) in [4.78, 5) is 26.3. The van der Waals surface area contributed by atoms with Crippen molar-refractivity contribution < 1.29 is 9.59 Å². The van der Waals surface area contributed by atoms with Crippen LogP contribution in [0.1, 0.15) is 31.4 Å². The number of carbonyl (C=O) groups is 2. The summed E-state index contributed by atoms with van der Waals surface area (Å²) in [6, 6.07) is 9.28. The maximum atomic E-state index is 12.6. The van der Waals surface area contributed by atoms with Gasteiger partial charge in [-0.25, -0.2) is 0 Å². The molecule has 1 saturated carbocycles. The lowest BCUT2D eigenvalue weighted by Crippen LogP contribution is -2.40. The van der Waals surface area contributed by atoms with Gasteiger partial charge in [-0.1, -0.05) is 37.3 Å². The second kappa shape index (κ2) is 4.68. The Kier molecular flexibility index (Phi) is 3.01. The summed E-state index contributed by atoms with van der Waals surface area (Å²) < 4.78 is 0. The monoisotopic (exact) mass is 258 g/mol. The summed E-state index contributed by atoms with van der Waals surface area (Å²) in [5.41, 5.74) is 0.862. The van der Waals surface area contributed by atoms with E-state index < -0.39 is 6.04 Å². The van der Waals surface area contributed by atoms with Crippen molar-refractivity contribution in [3.8, 4) is 0 Å². The SMILES string of the molecule is CC1CC1N1CCC(=O)NC(c2ccccc2)C1=O. The van der Waals surface area contributed by atoms with Crippen molar-refractivity contribution in [2.45, 2.75) is 31.8 Å². The lowest BCUT2D eigenvalue weighted by atomic mass is 10.1. The molecule has 1 saturated heterocycles. The molecule has 4 nitrogen and oxygen atoms in total. The number of hydrogen-bond donors (Lipinski definition) is 1. The molecular weight excluding hydrogens is 240 g/mol. The van der Waals surface area contributed by atoms with Crippen LogP contribution in [0.25, 0.3) is 0 Å². The van der Waals surface area contributed by atoms with Crippen molar-refractivity contribution >= 4 is 11.8 Å². The van der Waals surface area contributed by atoms with Gasteiger partial charge in [0.25, 0.3) is 0 Å². The van der Waals surface area contributed by atoms with Crippen LogP contribution < -0.4 is 5.32 Å². The Hall–Kier alpha value is -1.84. The highest BCUT2D eigenvalue weighted by Gasteiger charge is 2.43. The predicted molar refractivity (Wildman–Crippen MR) is 71.2 cm³/mol. The fraction of sp³-hybridized carbons (Fsp3) is 0.467. The molecule has 3 rings (SSSR count). The van der Waals surface area contributed by atoms with Gasteiger partial charge in [-0.05, 0) is 17.9 Å². The molecule has 1 aromatic rings. The van der Waals surface area contributed by atoms with Crippen molar-refractivity contribution in [2.75, 3.05) is 6.54 Å². The van der Waals surface area contributed by atoms with Gasteiger partial charge in [0.15, 0.2) is 0 Å². The van der Waals surface area contributed by atoms with Gasteiger partial charge < -0.3 is 10.2 Å². The maximum Gasteiger partial charge on any atom is 0.250 e. The maximum absolute atomic E-state index is 12.6. The van der Waals surface area contributed by atoms with E-state index in [9.17, 15) is 9.59 Å². The van der Waals surface area contributed by atoms with Crippen LogP contribution in [-0.2, 0) is 9.59 Å². The van der Waals surface area contributed by atoms with Crippen molar-refractivity contribution in [3.05, 3.63) is 35.9 Å². The summed E-state index contributed by atoms with van der Waals surface area (Å²) in [7, 11) is 0. The van der Waals surface area contributed by atoms with Gasteiger partial charge in [-0.15, -0.1) is 0 Å². The van der Waals surface area contributed by atoms with E-state index in [0.717, 1.165) is 12.0 Å². The highest BCUT2D eigenvalue weighted by atomic mass is 16.2. The van der Waals surface area contributed by atoms with E-state index in [-0.39, 0.29) is 11.8 Å². The van der Waals surface area contributed by atoms with Crippen LogP contribution in [0, 0.1) is 5.92 Å². The molecule has 1 N–H and O–H groups in total. The van der Waals surface area contributed by atoms with Crippen LogP contribution >= 0.6 is 0 Å². The van der Waals surface area contributed by atoms with E-state index in [1.165, 1.54) is 0 Å². The molecule has 0 spiro atoms. The zero-order chi connectivity index (χ0) is 13.4. The van der Waals surface area contributed by atoms with Crippen molar-refractivity contribution in [3.63, 3.8) is 0 Å².